The Bertz CT molecular complexity index is 726. The third-order valence-corrected chi connectivity index (χ3v) is 4.04. The lowest BCUT2D eigenvalue weighted by molar-refractivity contribution is -0.297. The van der Waals surface area contributed by atoms with Crippen molar-refractivity contribution in [3.05, 3.63) is 56.0 Å². The van der Waals surface area contributed by atoms with Crippen molar-refractivity contribution in [3.63, 3.8) is 0 Å². The van der Waals surface area contributed by atoms with Gasteiger partial charge < -0.3 is 14.5 Å². The zero-order valence-corrected chi connectivity index (χ0v) is 14.0. The quantitative estimate of drug-likeness (QED) is 0.756. The van der Waals surface area contributed by atoms with Crippen molar-refractivity contribution in [1.82, 2.24) is 9.55 Å². The standard InChI is InChI=1S/C14H11BrCl2N2O2/c1-8-18-14(15)12(4-5-13(20)21)19(8)7-9-2-3-10(16)6-11(9)17/h2-6H,7H2,1H3,(H,20,21)/p-1/b5-4+. The Kier molecular flexibility index (Phi) is 5.08. The minimum Gasteiger partial charge on any atom is -0.545 e. The summed E-state index contributed by atoms with van der Waals surface area (Å²) in [4.78, 5) is 14.9. The van der Waals surface area contributed by atoms with Gasteiger partial charge in [0, 0.05) is 10.0 Å². The second kappa shape index (κ2) is 6.64. The van der Waals surface area contributed by atoms with Gasteiger partial charge in [0.1, 0.15) is 10.4 Å². The van der Waals surface area contributed by atoms with E-state index in [0.717, 1.165) is 17.5 Å². The number of carbonyl (C=O) groups excluding carboxylic acids is 1. The summed E-state index contributed by atoms with van der Waals surface area (Å²) in [6.45, 7) is 2.28. The van der Waals surface area contributed by atoms with Gasteiger partial charge in [0.05, 0.1) is 18.2 Å². The molecule has 0 aliphatic heterocycles. The fourth-order valence-electron chi connectivity index (χ4n) is 1.87. The van der Waals surface area contributed by atoms with Crippen LogP contribution in [-0.2, 0) is 11.3 Å². The predicted molar refractivity (Wildman–Crippen MR) is 84.3 cm³/mol. The van der Waals surface area contributed by atoms with Gasteiger partial charge in [-0.2, -0.15) is 0 Å². The predicted octanol–water partition coefficient (Wildman–Crippen LogP) is 3.07. The molecule has 0 spiro atoms. The van der Waals surface area contributed by atoms with Crippen LogP contribution in [0.2, 0.25) is 10.0 Å². The van der Waals surface area contributed by atoms with Crippen LogP contribution in [0.5, 0.6) is 0 Å². The van der Waals surface area contributed by atoms with Crippen molar-refractivity contribution >= 4 is 51.2 Å². The summed E-state index contributed by atoms with van der Waals surface area (Å²) in [6, 6.07) is 5.24. The molecular formula is C14H10BrCl2N2O2-. The Hall–Kier alpha value is -1.30. The molecule has 0 unspecified atom stereocenters. The Morgan fingerprint density at radius 3 is 2.81 bits per heavy atom. The lowest BCUT2D eigenvalue weighted by Crippen LogP contribution is -2.18. The van der Waals surface area contributed by atoms with E-state index in [0.29, 0.717) is 26.9 Å². The summed E-state index contributed by atoms with van der Waals surface area (Å²) < 4.78 is 2.40. The van der Waals surface area contributed by atoms with Crippen molar-refractivity contribution in [2.24, 2.45) is 0 Å². The average molecular weight is 389 g/mol. The molecule has 7 heteroatoms. The molecule has 0 amide bonds. The largest absolute Gasteiger partial charge is 0.545 e. The van der Waals surface area contributed by atoms with Gasteiger partial charge >= 0.3 is 0 Å². The molecule has 0 bridgehead atoms. The molecular weight excluding hydrogens is 379 g/mol. The van der Waals surface area contributed by atoms with Crippen LogP contribution in [0.1, 0.15) is 17.1 Å². The Morgan fingerprint density at radius 2 is 2.19 bits per heavy atom. The van der Waals surface area contributed by atoms with Gasteiger partial charge in [-0.25, -0.2) is 4.98 Å². The van der Waals surface area contributed by atoms with Crippen molar-refractivity contribution in [2.45, 2.75) is 13.5 Å². The Morgan fingerprint density at radius 1 is 1.48 bits per heavy atom. The third-order valence-electron chi connectivity index (χ3n) is 2.87. The smallest absolute Gasteiger partial charge is 0.131 e. The van der Waals surface area contributed by atoms with Crippen molar-refractivity contribution < 1.29 is 9.90 Å². The second-order valence-electron chi connectivity index (χ2n) is 4.31. The fraction of sp³-hybridized carbons (Fsp3) is 0.143. The molecule has 1 aromatic carbocycles. The van der Waals surface area contributed by atoms with Gasteiger partial charge in [-0.05, 0) is 52.7 Å². The van der Waals surface area contributed by atoms with E-state index < -0.39 is 5.97 Å². The first-order chi connectivity index (χ1) is 9.88. The average Bonchev–Trinajstić information content (AvgIpc) is 2.65. The number of aromatic nitrogens is 2. The van der Waals surface area contributed by atoms with E-state index in [4.69, 9.17) is 23.2 Å². The van der Waals surface area contributed by atoms with Gasteiger partial charge in [0.25, 0.3) is 0 Å². The molecule has 21 heavy (non-hydrogen) atoms. The summed E-state index contributed by atoms with van der Waals surface area (Å²) in [7, 11) is 0. The van der Waals surface area contributed by atoms with Crippen LogP contribution in [0, 0.1) is 6.92 Å². The van der Waals surface area contributed by atoms with Crippen LogP contribution in [0.25, 0.3) is 6.08 Å². The number of aliphatic carboxylic acids is 1. The number of nitrogens with zero attached hydrogens (tertiary/aromatic N) is 2. The number of benzene rings is 1. The van der Waals surface area contributed by atoms with Gasteiger partial charge in [-0.3, -0.25) is 0 Å². The number of carbonyl (C=O) groups is 1. The summed E-state index contributed by atoms with van der Waals surface area (Å²) in [5, 5.41) is 11.7. The first-order valence-electron chi connectivity index (χ1n) is 5.94. The molecule has 4 nitrogen and oxygen atoms in total. The van der Waals surface area contributed by atoms with Crippen LogP contribution >= 0.6 is 39.1 Å². The number of rotatable bonds is 4. The van der Waals surface area contributed by atoms with Crippen molar-refractivity contribution in [3.8, 4) is 0 Å². The van der Waals surface area contributed by atoms with E-state index in [9.17, 15) is 9.90 Å². The maximum atomic E-state index is 10.6. The molecule has 2 aromatic rings. The highest BCUT2D eigenvalue weighted by Gasteiger charge is 2.12. The van der Waals surface area contributed by atoms with E-state index in [-0.39, 0.29) is 0 Å². The summed E-state index contributed by atoms with van der Waals surface area (Å²) in [6.07, 6.45) is 2.39. The molecule has 0 aliphatic carbocycles. The molecule has 0 N–H and O–H groups in total. The van der Waals surface area contributed by atoms with Gasteiger partial charge in [-0.15, -0.1) is 0 Å². The molecule has 0 aliphatic rings. The first-order valence-corrected chi connectivity index (χ1v) is 7.49. The highest BCUT2D eigenvalue weighted by atomic mass is 79.9. The Balaban J connectivity index is 2.41. The molecule has 1 heterocycles. The monoisotopic (exact) mass is 387 g/mol. The first kappa shape index (κ1) is 16.1. The zero-order valence-electron chi connectivity index (χ0n) is 10.9. The fourth-order valence-corrected chi connectivity index (χ4v) is 2.94. The minimum absolute atomic E-state index is 0.452. The highest BCUT2D eigenvalue weighted by molar-refractivity contribution is 9.10. The van der Waals surface area contributed by atoms with Crippen molar-refractivity contribution in [1.29, 1.82) is 0 Å². The van der Waals surface area contributed by atoms with Crippen LogP contribution in [0.3, 0.4) is 0 Å². The second-order valence-corrected chi connectivity index (χ2v) is 5.90. The van der Waals surface area contributed by atoms with E-state index >= 15 is 0 Å². The summed E-state index contributed by atoms with van der Waals surface area (Å²) >= 11 is 15.4. The van der Waals surface area contributed by atoms with Gasteiger partial charge in [-0.1, -0.05) is 29.3 Å². The maximum absolute atomic E-state index is 10.6. The summed E-state index contributed by atoms with van der Waals surface area (Å²) in [5.74, 6) is -0.539. The van der Waals surface area contributed by atoms with Gasteiger partial charge in [0.15, 0.2) is 0 Å². The topological polar surface area (TPSA) is 57.9 Å². The molecule has 2 rings (SSSR count). The van der Waals surface area contributed by atoms with Crippen LogP contribution < -0.4 is 5.11 Å². The molecule has 110 valence electrons. The SMILES string of the molecule is Cc1nc(Br)c(/C=C/C(=O)[O-])n1Cc1ccc(Cl)cc1Cl. The van der Waals surface area contributed by atoms with Gasteiger partial charge in [0.2, 0.25) is 0 Å². The number of halogens is 3. The number of hydrogen-bond donors (Lipinski definition) is 0. The molecule has 0 fully saturated rings. The van der Waals surface area contributed by atoms with E-state index in [1.807, 2.05) is 17.6 Å². The van der Waals surface area contributed by atoms with Crippen LogP contribution in [-0.4, -0.2) is 15.5 Å². The number of aryl methyl sites for hydroxylation is 1. The molecule has 1 aromatic heterocycles. The molecule has 0 atom stereocenters. The summed E-state index contributed by atoms with van der Waals surface area (Å²) in [5.41, 5.74) is 1.49. The molecule has 0 saturated carbocycles. The number of carboxylic acid groups (broad SMARTS) is 1. The molecule has 0 saturated heterocycles. The van der Waals surface area contributed by atoms with Crippen molar-refractivity contribution in [2.75, 3.05) is 0 Å². The zero-order chi connectivity index (χ0) is 15.6. The number of carboxylic acids is 1. The normalized spacial score (nSPS) is 11.2. The lowest BCUT2D eigenvalue weighted by Gasteiger charge is -2.10. The van der Waals surface area contributed by atoms with E-state index in [2.05, 4.69) is 20.9 Å². The molecule has 0 radical (unpaired) electrons. The van der Waals surface area contributed by atoms with E-state index in [1.54, 1.807) is 12.1 Å². The number of hydrogen-bond acceptors (Lipinski definition) is 3. The number of imidazole rings is 1. The van der Waals surface area contributed by atoms with E-state index in [1.165, 1.54) is 6.08 Å². The maximum Gasteiger partial charge on any atom is 0.131 e. The Labute approximate surface area is 140 Å². The van der Waals surface area contributed by atoms with Crippen LogP contribution in [0.4, 0.5) is 0 Å². The highest BCUT2D eigenvalue weighted by Crippen LogP contribution is 2.25. The lowest BCUT2D eigenvalue weighted by atomic mass is 10.2. The third kappa shape index (κ3) is 3.87. The van der Waals surface area contributed by atoms with Crippen LogP contribution in [0.15, 0.2) is 28.9 Å². The minimum atomic E-state index is -1.27.